The third-order valence-electron chi connectivity index (χ3n) is 4.76. The molecule has 2 rings (SSSR count). The third kappa shape index (κ3) is 5.34. The first-order valence-electron chi connectivity index (χ1n) is 8.62. The van der Waals surface area contributed by atoms with Gasteiger partial charge in [-0.3, -0.25) is 14.5 Å². The van der Waals surface area contributed by atoms with Crippen molar-refractivity contribution in [2.75, 3.05) is 27.2 Å². The molecule has 0 saturated carbocycles. The largest absolute Gasteiger partial charge is 0.461 e. The number of carbonyl (C=O) groups is 2. The maximum Gasteiger partial charge on any atom is 0.306 e. The summed E-state index contributed by atoms with van der Waals surface area (Å²) in [6, 6.07) is 9.61. The number of piperidine rings is 1. The molecule has 1 aliphatic rings. The first-order chi connectivity index (χ1) is 11.5. The monoisotopic (exact) mass is 332 g/mol. The lowest BCUT2D eigenvalue weighted by Crippen LogP contribution is -2.47. The highest BCUT2D eigenvalue weighted by molar-refractivity contribution is 5.81. The molecule has 1 fully saturated rings. The van der Waals surface area contributed by atoms with Crippen LogP contribution in [0.3, 0.4) is 0 Å². The van der Waals surface area contributed by atoms with Crippen LogP contribution in [0.1, 0.15) is 31.7 Å². The molecule has 0 radical (unpaired) electrons. The van der Waals surface area contributed by atoms with Crippen molar-refractivity contribution >= 4 is 11.9 Å². The minimum atomic E-state index is -0.148. The van der Waals surface area contributed by atoms with Gasteiger partial charge in [0, 0.05) is 19.5 Å². The van der Waals surface area contributed by atoms with Crippen LogP contribution in [0.2, 0.25) is 0 Å². The quantitative estimate of drug-likeness (QED) is 0.750. The molecule has 0 aliphatic carbocycles. The van der Waals surface area contributed by atoms with Gasteiger partial charge in [0.1, 0.15) is 6.61 Å². The summed E-state index contributed by atoms with van der Waals surface area (Å²) in [5, 5.41) is 0. The molecular weight excluding hydrogens is 304 g/mol. The number of ether oxygens (including phenoxy) is 1. The average molecular weight is 332 g/mol. The number of rotatable bonds is 6. The van der Waals surface area contributed by atoms with Gasteiger partial charge in [0.2, 0.25) is 5.91 Å². The third-order valence-corrected chi connectivity index (χ3v) is 4.76. The molecule has 0 N–H and O–H groups in total. The van der Waals surface area contributed by atoms with E-state index in [0.29, 0.717) is 18.9 Å². The van der Waals surface area contributed by atoms with Gasteiger partial charge in [-0.1, -0.05) is 30.3 Å². The fourth-order valence-electron chi connectivity index (χ4n) is 2.88. The van der Waals surface area contributed by atoms with Crippen LogP contribution in [0.4, 0.5) is 0 Å². The van der Waals surface area contributed by atoms with Crippen molar-refractivity contribution in [3.8, 4) is 0 Å². The minimum Gasteiger partial charge on any atom is -0.461 e. The molecule has 0 aromatic heterocycles. The molecule has 1 aliphatic heterocycles. The highest BCUT2D eigenvalue weighted by Gasteiger charge is 2.28. The summed E-state index contributed by atoms with van der Waals surface area (Å²) >= 11 is 0. The molecule has 1 heterocycles. The average Bonchev–Trinajstić information content (AvgIpc) is 2.60. The van der Waals surface area contributed by atoms with Gasteiger partial charge in [-0.15, -0.1) is 0 Å². The summed E-state index contributed by atoms with van der Waals surface area (Å²) < 4.78 is 5.35. The van der Waals surface area contributed by atoms with Gasteiger partial charge in [0.15, 0.2) is 0 Å². The topological polar surface area (TPSA) is 49.9 Å². The SMILES string of the molecule is CC(C(=O)N1CCC(CC(=O)OCc2ccccc2)CC1)N(C)C. The Hall–Kier alpha value is -1.88. The maximum absolute atomic E-state index is 12.3. The lowest BCUT2D eigenvalue weighted by Gasteiger charge is -2.34. The Morgan fingerprint density at radius 1 is 1.21 bits per heavy atom. The van der Waals surface area contributed by atoms with E-state index >= 15 is 0 Å². The van der Waals surface area contributed by atoms with Gasteiger partial charge in [0.25, 0.3) is 0 Å². The van der Waals surface area contributed by atoms with Crippen molar-refractivity contribution in [1.29, 1.82) is 0 Å². The van der Waals surface area contributed by atoms with E-state index in [-0.39, 0.29) is 17.9 Å². The predicted molar refractivity (Wildman–Crippen MR) is 93.3 cm³/mol. The van der Waals surface area contributed by atoms with Crippen molar-refractivity contribution in [2.45, 2.75) is 38.8 Å². The lowest BCUT2D eigenvalue weighted by molar-refractivity contribution is -0.146. The van der Waals surface area contributed by atoms with Crippen molar-refractivity contribution < 1.29 is 14.3 Å². The van der Waals surface area contributed by atoms with E-state index in [1.165, 1.54) is 0 Å². The van der Waals surface area contributed by atoms with E-state index < -0.39 is 0 Å². The van der Waals surface area contributed by atoms with Crippen LogP contribution in [-0.2, 0) is 20.9 Å². The predicted octanol–water partition coefficient (Wildman–Crippen LogP) is 2.31. The fourth-order valence-corrected chi connectivity index (χ4v) is 2.88. The number of hydrogen-bond donors (Lipinski definition) is 0. The Kier molecular flexibility index (Phi) is 6.79. The molecule has 1 aromatic rings. The van der Waals surface area contributed by atoms with Crippen molar-refractivity contribution in [1.82, 2.24) is 9.80 Å². The van der Waals surface area contributed by atoms with Gasteiger partial charge in [0.05, 0.1) is 6.04 Å². The molecule has 1 unspecified atom stereocenters. The lowest BCUT2D eigenvalue weighted by atomic mass is 9.93. The van der Waals surface area contributed by atoms with Crippen LogP contribution in [0.15, 0.2) is 30.3 Å². The van der Waals surface area contributed by atoms with E-state index in [1.807, 2.05) is 61.2 Å². The van der Waals surface area contributed by atoms with Gasteiger partial charge in [-0.25, -0.2) is 0 Å². The molecule has 0 spiro atoms. The zero-order chi connectivity index (χ0) is 17.5. The van der Waals surface area contributed by atoms with Crippen LogP contribution < -0.4 is 0 Å². The number of hydrogen-bond acceptors (Lipinski definition) is 4. The van der Waals surface area contributed by atoms with Gasteiger partial charge in [-0.05, 0) is 45.3 Å². The number of carbonyl (C=O) groups excluding carboxylic acids is 2. The number of nitrogens with zero attached hydrogens (tertiary/aromatic N) is 2. The summed E-state index contributed by atoms with van der Waals surface area (Å²) in [6.07, 6.45) is 2.18. The van der Waals surface area contributed by atoms with E-state index in [0.717, 1.165) is 31.5 Å². The molecule has 5 heteroatoms. The minimum absolute atomic E-state index is 0.0996. The number of likely N-dealkylation sites (N-methyl/N-ethyl adjacent to an activating group) is 1. The Morgan fingerprint density at radius 2 is 1.83 bits per heavy atom. The summed E-state index contributed by atoms with van der Waals surface area (Å²) in [5.41, 5.74) is 1.00. The highest BCUT2D eigenvalue weighted by Crippen LogP contribution is 2.22. The molecule has 1 aromatic carbocycles. The molecule has 0 bridgehead atoms. The number of likely N-dealkylation sites (tertiary alicyclic amines) is 1. The van der Waals surface area contributed by atoms with Crippen LogP contribution in [-0.4, -0.2) is 54.9 Å². The Labute approximate surface area is 144 Å². The Bertz CT molecular complexity index is 537. The molecule has 1 saturated heterocycles. The molecular formula is C19H28N2O3. The van der Waals surface area contributed by atoms with Crippen molar-refractivity contribution in [3.05, 3.63) is 35.9 Å². The smallest absolute Gasteiger partial charge is 0.306 e. The first-order valence-corrected chi connectivity index (χ1v) is 8.62. The zero-order valence-electron chi connectivity index (χ0n) is 14.9. The zero-order valence-corrected chi connectivity index (χ0v) is 14.9. The number of benzene rings is 1. The second-order valence-corrected chi connectivity index (χ2v) is 6.76. The Morgan fingerprint density at radius 3 is 2.42 bits per heavy atom. The van der Waals surface area contributed by atoms with E-state index in [1.54, 1.807) is 0 Å². The van der Waals surface area contributed by atoms with Gasteiger partial charge < -0.3 is 9.64 Å². The van der Waals surface area contributed by atoms with Crippen LogP contribution in [0, 0.1) is 5.92 Å². The van der Waals surface area contributed by atoms with Crippen molar-refractivity contribution in [3.63, 3.8) is 0 Å². The molecule has 5 nitrogen and oxygen atoms in total. The molecule has 1 atom stereocenters. The van der Waals surface area contributed by atoms with Crippen LogP contribution >= 0.6 is 0 Å². The number of esters is 1. The second kappa shape index (κ2) is 8.83. The first kappa shape index (κ1) is 18.5. The summed E-state index contributed by atoms with van der Waals surface area (Å²) in [6.45, 7) is 3.72. The number of amides is 1. The summed E-state index contributed by atoms with van der Waals surface area (Å²) in [4.78, 5) is 28.1. The van der Waals surface area contributed by atoms with Gasteiger partial charge >= 0.3 is 5.97 Å². The van der Waals surface area contributed by atoms with E-state index in [9.17, 15) is 9.59 Å². The van der Waals surface area contributed by atoms with Gasteiger partial charge in [-0.2, -0.15) is 0 Å². The molecule has 132 valence electrons. The fraction of sp³-hybridized carbons (Fsp3) is 0.579. The highest BCUT2D eigenvalue weighted by atomic mass is 16.5. The maximum atomic E-state index is 12.3. The summed E-state index contributed by atoms with van der Waals surface area (Å²) in [5.74, 6) is 0.336. The van der Waals surface area contributed by atoms with Crippen LogP contribution in [0.25, 0.3) is 0 Å². The normalized spacial score (nSPS) is 16.9. The standard InChI is InChI=1S/C19H28N2O3/c1-15(20(2)3)19(23)21-11-9-16(10-12-21)13-18(22)24-14-17-7-5-4-6-8-17/h4-8,15-16H,9-14H2,1-3H3. The second-order valence-electron chi connectivity index (χ2n) is 6.76. The van der Waals surface area contributed by atoms with Crippen molar-refractivity contribution in [2.24, 2.45) is 5.92 Å². The van der Waals surface area contributed by atoms with E-state index in [2.05, 4.69) is 0 Å². The van der Waals surface area contributed by atoms with Crippen LogP contribution in [0.5, 0.6) is 0 Å². The molecule has 24 heavy (non-hydrogen) atoms. The Balaban J connectivity index is 1.71. The molecule has 1 amide bonds. The van der Waals surface area contributed by atoms with E-state index in [4.69, 9.17) is 4.74 Å². The summed E-state index contributed by atoms with van der Waals surface area (Å²) in [7, 11) is 3.83.